The van der Waals surface area contributed by atoms with Gasteiger partial charge < -0.3 is 9.80 Å². The number of nitrogens with zero attached hydrogens (tertiary/aromatic N) is 4. The minimum Gasteiger partial charge on any atom is -0.309 e. The second kappa shape index (κ2) is 14.3. The molecule has 2 aromatic carbocycles. The maximum Gasteiger partial charge on any atom is 0.185 e. The van der Waals surface area contributed by atoms with Crippen molar-refractivity contribution in [3.63, 3.8) is 0 Å². The van der Waals surface area contributed by atoms with Gasteiger partial charge in [0.25, 0.3) is 0 Å². The number of hydrogen-bond acceptors (Lipinski definition) is 8. The molecular formula is C28H34N4O2S2. The largest absolute Gasteiger partial charge is 0.309 e. The predicted molar refractivity (Wildman–Crippen MR) is 150 cm³/mol. The van der Waals surface area contributed by atoms with E-state index in [1.807, 2.05) is 48.5 Å². The normalized spacial score (nSPS) is 11.3. The van der Waals surface area contributed by atoms with Crippen molar-refractivity contribution in [2.45, 2.75) is 22.6 Å². The van der Waals surface area contributed by atoms with Crippen LogP contribution in [0.15, 0.2) is 70.7 Å². The van der Waals surface area contributed by atoms with E-state index >= 15 is 0 Å². The first kappa shape index (κ1) is 28.1. The average Bonchev–Trinajstić information content (AvgIpc) is 2.86. The molecule has 0 spiro atoms. The van der Waals surface area contributed by atoms with Crippen LogP contribution in [-0.2, 0) is 12.8 Å². The van der Waals surface area contributed by atoms with E-state index in [-0.39, 0.29) is 35.8 Å². The van der Waals surface area contributed by atoms with E-state index in [2.05, 4.69) is 48.0 Å². The maximum absolute atomic E-state index is 12.8. The number of hydrogen-bond donors (Lipinski definition) is 0. The van der Waals surface area contributed by atoms with E-state index < -0.39 is 0 Å². The lowest BCUT2D eigenvalue weighted by Crippen LogP contribution is -2.14. The van der Waals surface area contributed by atoms with Crippen LogP contribution < -0.4 is 0 Å². The molecule has 0 radical (unpaired) electrons. The number of ketones is 2. The Balaban J connectivity index is 1.54. The summed E-state index contributed by atoms with van der Waals surface area (Å²) in [5.74, 6) is 1.78. The van der Waals surface area contributed by atoms with Crippen LogP contribution in [0.4, 0.5) is 0 Å². The molecule has 0 saturated carbocycles. The van der Waals surface area contributed by atoms with Gasteiger partial charge in [0.1, 0.15) is 17.7 Å². The second-order valence-electron chi connectivity index (χ2n) is 9.08. The van der Waals surface area contributed by atoms with Crippen LogP contribution in [0.5, 0.6) is 0 Å². The molecule has 0 bridgehead atoms. The highest BCUT2D eigenvalue weighted by Crippen LogP contribution is 2.20. The molecule has 0 atom stereocenters. The van der Waals surface area contributed by atoms with E-state index in [0.29, 0.717) is 0 Å². The molecule has 3 aromatic rings. The highest BCUT2D eigenvalue weighted by molar-refractivity contribution is 7.99. The zero-order chi connectivity index (χ0) is 25.9. The molecule has 0 aliphatic rings. The van der Waals surface area contributed by atoms with Gasteiger partial charge in [-0.15, -0.1) is 23.5 Å². The Morgan fingerprint density at radius 1 is 0.667 bits per heavy atom. The summed E-state index contributed by atoms with van der Waals surface area (Å²) in [4.78, 5) is 40.6. The Labute approximate surface area is 222 Å². The molecular weight excluding hydrogens is 488 g/mol. The fourth-order valence-corrected chi connectivity index (χ4v) is 5.35. The van der Waals surface area contributed by atoms with Gasteiger partial charge in [0.2, 0.25) is 0 Å². The smallest absolute Gasteiger partial charge is 0.185 e. The lowest BCUT2D eigenvalue weighted by Gasteiger charge is -2.09. The van der Waals surface area contributed by atoms with Crippen molar-refractivity contribution in [1.29, 1.82) is 0 Å². The summed E-state index contributed by atoms with van der Waals surface area (Å²) in [5.41, 5.74) is 2.38. The molecule has 0 aliphatic carbocycles. The Morgan fingerprint density at radius 2 is 1.06 bits per heavy atom. The second-order valence-corrected chi connectivity index (χ2v) is 11.4. The number of aromatic nitrogens is 2. The van der Waals surface area contributed by atoms with Gasteiger partial charge in [-0.2, -0.15) is 0 Å². The highest BCUT2D eigenvalue weighted by atomic mass is 32.2. The summed E-state index contributed by atoms with van der Waals surface area (Å²) in [7, 11) is 8.25. The first-order chi connectivity index (χ1) is 17.3. The topological polar surface area (TPSA) is 66.4 Å². The lowest BCUT2D eigenvalue weighted by molar-refractivity contribution is 0.0987. The molecule has 0 fully saturated rings. The minimum absolute atomic E-state index is 0.126. The Kier molecular flexibility index (Phi) is 11.1. The molecule has 8 heteroatoms. The fourth-order valence-electron chi connectivity index (χ4n) is 3.31. The van der Waals surface area contributed by atoms with Gasteiger partial charge in [-0.3, -0.25) is 9.59 Å². The molecule has 0 amide bonds. The molecule has 6 nitrogen and oxygen atoms in total. The van der Waals surface area contributed by atoms with Crippen molar-refractivity contribution in [3.8, 4) is 0 Å². The van der Waals surface area contributed by atoms with Crippen LogP contribution >= 0.6 is 23.5 Å². The van der Waals surface area contributed by atoms with Crippen LogP contribution in [0, 0.1) is 0 Å². The number of Topliss-reactive ketones (excluding diaryl/α,β-unsaturated/α-hetero) is 2. The van der Waals surface area contributed by atoms with Crippen molar-refractivity contribution in [2.24, 2.45) is 0 Å². The summed E-state index contributed by atoms with van der Waals surface area (Å²) in [6.07, 6.45) is 1.77. The first-order valence-electron chi connectivity index (χ1n) is 11.9. The zero-order valence-corrected chi connectivity index (χ0v) is 23.1. The summed E-state index contributed by atoms with van der Waals surface area (Å²) >= 11 is 3.59. The molecule has 190 valence electrons. The Hall–Kier alpha value is -2.52. The molecule has 3 rings (SSSR count). The van der Waals surface area contributed by atoms with Crippen molar-refractivity contribution >= 4 is 35.1 Å². The van der Waals surface area contributed by atoms with Gasteiger partial charge in [-0.25, -0.2) is 9.97 Å². The SMILES string of the molecule is CN(C)CCSc1ccc(CC(=O)c2cc(C(=O)Cc3ccc(SCCN(C)C)cc3)ncn2)cc1. The Morgan fingerprint density at radius 3 is 1.42 bits per heavy atom. The number of carbonyl (C=O) groups is 2. The van der Waals surface area contributed by atoms with Crippen LogP contribution in [0.1, 0.15) is 32.1 Å². The Bertz CT molecular complexity index is 1050. The van der Waals surface area contributed by atoms with Gasteiger partial charge in [-0.05, 0) is 69.6 Å². The predicted octanol–water partition coefficient (Wildman–Crippen LogP) is 4.63. The summed E-state index contributed by atoms with van der Waals surface area (Å²) in [6.45, 7) is 2.03. The minimum atomic E-state index is -0.126. The first-order valence-corrected chi connectivity index (χ1v) is 13.9. The van der Waals surface area contributed by atoms with Crippen molar-refractivity contribution < 1.29 is 9.59 Å². The van der Waals surface area contributed by atoms with E-state index in [1.165, 1.54) is 22.2 Å². The fraction of sp³-hybridized carbons (Fsp3) is 0.357. The standard InChI is InChI=1S/C28H34N4O2S2/c1-31(2)13-15-35-23-9-5-21(6-10-23)17-27(33)25-19-26(30-20-29-25)28(34)18-22-7-11-24(12-8-22)36-16-14-32(3)4/h5-12,19-20H,13-18H2,1-4H3. The van der Waals surface area contributed by atoms with E-state index in [9.17, 15) is 9.59 Å². The molecule has 0 unspecified atom stereocenters. The quantitative estimate of drug-likeness (QED) is 0.224. The lowest BCUT2D eigenvalue weighted by atomic mass is 10.0. The third-order valence-corrected chi connectivity index (χ3v) is 7.41. The molecule has 1 aromatic heterocycles. The summed E-state index contributed by atoms with van der Waals surface area (Å²) < 4.78 is 0. The third-order valence-electron chi connectivity index (χ3n) is 5.43. The molecule has 0 saturated heterocycles. The van der Waals surface area contributed by atoms with Gasteiger partial charge in [0, 0.05) is 47.2 Å². The van der Waals surface area contributed by atoms with E-state index in [0.717, 1.165) is 35.7 Å². The highest BCUT2D eigenvalue weighted by Gasteiger charge is 2.15. The van der Waals surface area contributed by atoms with Gasteiger partial charge in [-0.1, -0.05) is 24.3 Å². The number of thioether (sulfide) groups is 2. The number of benzene rings is 2. The zero-order valence-electron chi connectivity index (χ0n) is 21.4. The molecule has 0 N–H and O–H groups in total. The van der Waals surface area contributed by atoms with Crippen molar-refractivity contribution in [2.75, 3.05) is 52.8 Å². The van der Waals surface area contributed by atoms with Crippen LogP contribution in [0.2, 0.25) is 0 Å². The van der Waals surface area contributed by atoms with Gasteiger partial charge >= 0.3 is 0 Å². The molecule has 36 heavy (non-hydrogen) atoms. The monoisotopic (exact) mass is 522 g/mol. The molecule has 1 heterocycles. The van der Waals surface area contributed by atoms with Crippen molar-refractivity contribution in [3.05, 3.63) is 83.4 Å². The maximum atomic E-state index is 12.8. The third kappa shape index (κ3) is 9.50. The number of rotatable bonds is 14. The number of carbonyl (C=O) groups excluding carboxylic acids is 2. The van der Waals surface area contributed by atoms with Crippen LogP contribution in [-0.4, -0.2) is 84.1 Å². The van der Waals surface area contributed by atoms with Crippen LogP contribution in [0.25, 0.3) is 0 Å². The molecule has 0 aliphatic heterocycles. The van der Waals surface area contributed by atoms with Crippen LogP contribution in [0.3, 0.4) is 0 Å². The average molecular weight is 523 g/mol. The van der Waals surface area contributed by atoms with E-state index in [4.69, 9.17) is 0 Å². The van der Waals surface area contributed by atoms with Crippen molar-refractivity contribution in [1.82, 2.24) is 19.8 Å². The van der Waals surface area contributed by atoms with Gasteiger partial charge in [0.15, 0.2) is 11.6 Å². The van der Waals surface area contributed by atoms with E-state index in [1.54, 1.807) is 23.5 Å². The summed E-state index contributed by atoms with van der Waals surface area (Å²) in [6, 6.07) is 17.6. The van der Waals surface area contributed by atoms with Gasteiger partial charge in [0.05, 0.1) is 0 Å². The summed E-state index contributed by atoms with van der Waals surface area (Å²) in [5, 5.41) is 0.